The first-order valence-electron chi connectivity index (χ1n) is 10.9. The number of carbonyl (C=O) groups excluding carboxylic acids is 3. The van der Waals surface area contributed by atoms with Crippen molar-refractivity contribution in [1.82, 2.24) is 16.0 Å². The minimum absolute atomic E-state index is 0.0135. The molecule has 1 heterocycles. The maximum absolute atomic E-state index is 12.7. The number of guanidine groups is 1. The molecule has 0 saturated carbocycles. The summed E-state index contributed by atoms with van der Waals surface area (Å²) in [6.07, 6.45) is 0.614. The van der Waals surface area contributed by atoms with E-state index in [0.29, 0.717) is 24.5 Å². The van der Waals surface area contributed by atoms with E-state index in [4.69, 9.17) is 43.8 Å². The lowest BCUT2D eigenvalue weighted by Crippen LogP contribution is -2.50. The minimum Gasteiger partial charge on any atom is -0.493 e. The van der Waals surface area contributed by atoms with Crippen LogP contribution >= 0.6 is 23.2 Å². The zero-order valence-corrected chi connectivity index (χ0v) is 20.8. The van der Waals surface area contributed by atoms with Crippen molar-refractivity contribution in [2.75, 3.05) is 32.1 Å². The van der Waals surface area contributed by atoms with Crippen molar-refractivity contribution in [1.29, 1.82) is 5.41 Å². The Labute approximate surface area is 217 Å². The van der Waals surface area contributed by atoms with Gasteiger partial charge >= 0.3 is 5.97 Å². The number of hydrogen-bond acceptors (Lipinski definition) is 7. The highest BCUT2D eigenvalue weighted by molar-refractivity contribution is 6.39. The van der Waals surface area contributed by atoms with E-state index in [1.54, 1.807) is 24.3 Å². The smallest absolute Gasteiger partial charge is 0.330 e. The van der Waals surface area contributed by atoms with E-state index in [2.05, 4.69) is 21.3 Å². The highest BCUT2D eigenvalue weighted by Crippen LogP contribution is 2.34. The molecule has 2 aromatic rings. The molecule has 0 saturated heterocycles. The molecule has 2 aromatic carbocycles. The summed E-state index contributed by atoms with van der Waals surface area (Å²) in [4.78, 5) is 37.4. The molecule has 11 nitrogen and oxygen atoms in total. The Hall–Kier alpha value is -3.54. The third kappa shape index (κ3) is 7.00. The summed E-state index contributed by atoms with van der Waals surface area (Å²) in [5.74, 6) is -1.36. The van der Waals surface area contributed by atoms with Gasteiger partial charge in [-0.05, 0) is 30.3 Å². The molecule has 2 atom stereocenters. The van der Waals surface area contributed by atoms with Crippen LogP contribution in [-0.4, -0.2) is 56.6 Å². The first kappa shape index (κ1) is 27.1. The highest BCUT2D eigenvalue weighted by atomic mass is 35.5. The third-order valence-corrected chi connectivity index (χ3v) is 5.95. The van der Waals surface area contributed by atoms with Gasteiger partial charge in [0.05, 0.1) is 35.9 Å². The van der Waals surface area contributed by atoms with Gasteiger partial charge in [-0.2, -0.15) is 0 Å². The highest BCUT2D eigenvalue weighted by Gasteiger charge is 2.26. The average molecular weight is 537 g/mol. The lowest BCUT2D eigenvalue weighted by molar-refractivity contribution is -0.142. The average Bonchev–Trinajstić information content (AvgIpc) is 2.84. The summed E-state index contributed by atoms with van der Waals surface area (Å²) in [6.45, 7) is 0.192. The Bertz CT molecular complexity index is 1140. The van der Waals surface area contributed by atoms with Crippen molar-refractivity contribution >= 4 is 52.6 Å². The van der Waals surface area contributed by atoms with Crippen LogP contribution in [0.2, 0.25) is 10.0 Å². The van der Waals surface area contributed by atoms with Crippen molar-refractivity contribution in [3.8, 4) is 5.75 Å². The van der Waals surface area contributed by atoms with Crippen LogP contribution in [0.5, 0.6) is 5.75 Å². The number of esters is 1. The first-order chi connectivity index (χ1) is 17.2. The number of rotatable bonds is 9. The zero-order valence-electron chi connectivity index (χ0n) is 19.3. The number of amides is 2. The monoisotopic (exact) mass is 536 g/mol. The van der Waals surface area contributed by atoms with E-state index in [9.17, 15) is 14.4 Å². The molecule has 7 N–H and O–H groups in total. The van der Waals surface area contributed by atoms with Crippen LogP contribution in [0.15, 0.2) is 36.4 Å². The lowest BCUT2D eigenvalue weighted by atomic mass is 10.00. The van der Waals surface area contributed by atoms with Crippen LogP contribution in [0, 0.1) is 5.41 Å². The number of benzene rings is 2. The van der Waals surface area contributed by atoms with Gasteiger partial charge in [0.25, 0.3) is 5.91 Å². The van der Waals surface area contributed by atoms with Crippen molar-refractivity contribution in [3.63, 3.8) is 0 Å². The fourth-order valence-electron chi connectivity index (χ4n) is 3.61. The number of halogens is 2. The van der Waals surface area contributed by atoms with Gasteiger partial charge in [0.2, 0.25) is 5.91 Å². The molecular formula is C23H26Cl2N6O5. The third-order valence-electron chi connectivity index (χ3n) is 5.32. The topological polar surface area (TPSA) is 168 Å². The molecule has 3 rings (SSSR count). The summed E-state index contributed by atoms with van der Waals surface area (Å²) < 4.78 is 10.4. The Morgan fingerprint density at radius 1 is 1.22 bits per heavy atom. The molecule has 192 valence electrons. The number of methoxy groups -OCH3 is 1. The quantitative estimate of drug-likeness (QED) is 0.160. The second-order valence-corrected chi connectivity index (χ2v) is 8.63. The van der Waals surface area contributed by atoms with Gasteiger partial charge in [0.1, 0.15) is 11.8 Å². The Kier molecular flexibility index (Phi) is 9.34. The van der Waals surface area contributed by atoms with Gasteiger partial charge in [-0.25, -0.2) is 4.79 Å². The van der Waals surface area contributed by atoms with Crippen LogP contribution in [-0.2, 0) is 14.3 Å². The SMILES string of the molecule is COC(=O)[C@H](CNC(=O)CNC1CCOc2ccc(NC(=N)N)cc21)NC(=O)c1c(Cl)cccc1Cl. The number of hydrogen-bond donors (Lipinski definition) is 6. The molecular weight excluding hydrogens is 511 g/mol. The minimum atomic E-state index is -1.16. The van der Waals surface area contributed by atoms with E-state index >= 15 is 0 Å². The summed E-state index contributed by atoms with van der Waals surface area (Å²) >= 11 is 12.1. The Morgan fingerprint density at radius 2 is 1.94 bits per heavy atom. The van der Waals surface area contributed by atoms with E-state index in [0.717, 1.165) is 5.56 Å². The Morgan fingerprint density at radius 3 is 2.61 bits per heavy atom. The van der Waals surface area contributed by atoms with Crippen molar-refractivity contribution in [3.05, 3.63) is 57.6 Å². The maximum Gasteiger partial charge on any atom is 0.330 e. The van der Waals surface area contributed by atoms with Gasteiger partial charge in [-0.1, -0.05) is 29.3 Å². The van der Waals surface area contributed by atoms with Gasteiger partial charge in [-0.15, -0.1) is 0 Å². The normalized spacial score (nSPS) is 15.0. The van der Waals surface area contributed by atoms with Gasteiger partial charge in [0.15, 0.2) is 5.96 Å². The van der Waals surface area contributed by atoms with Crippen LogP contribution in [0.4, 0.5) is 5.69 Å². The summed E-state index contributed by atoms with van der Waals surface area (Å²) in [6, 6.07) is 8.54. The van der Waals surface area contributed by atoms with Crippen molar-refractivity contribution in [2.45, 2.75) is 18.5 Å². The summed E-state index contributed by atoms with van der Waals surface area (Å²) in [5, 5.41) is 18.6. The molecule has 0 radical (unpaired) electrons. The number of nitrogens with one attached hydrogen (secondary N) is 5. The van der Waals surface area contributed by atoms with E-state index in [-0.39, 0.29) is 40.7 Å². The van der Waals surface area contributed by atoms with E-state index < -0.39 is 23.8 Å². The van der Waals surface area contributed by atoms with Crippen LogP contribution in [0.3, 0.4) is 0 Å². The molecule has 0 spiro atoms. The summed E-state index contributed by atoms with van der Waals surface area (Å²) in [5.41, 5.74) is 6.85. The molecule has 1 unspecified atom stereocenters. The van der Waals surface area contributed by atoms with Gasteiger partial charge in [-0.3, -0.25) is 15.0 Å². The second kappa shape index (κ2) is 12.4. The number of ether oxygens (including phenoxy) is 2. The Balaban J connectivity index is 1.59. The zero-order chi connectivity index (χ0) is 26.2. The molecule has 1 aliphatic heterocycles. The molecule has 36 heavy (non-hydrogen) atoms. The first-order valence-corrected chi connectivity index (χ1v) is 11.7. The molecule has 0 bridgehead atoms. The maximum atomic E-state index is 12.7. The van der Waals surface area contributed by atoms with Crippen molar-refractivity contribution in [2.24, 2.45) is 5.73 Å². The van der Waals surface area contributed by atoms with Crippen LogP contribution in [0.25, 0.3) is 0 Å². The number of anilines is 1. The van der Waals surface area contributed by atoms with Crippen LogP contribution in [0.1, 0.15) is 28.4 Å². The lowest BCUT2D eigenvalue weighted by Gasteiger charge is -2.27. The molecule has 2 amide bonds. The van der Waals surface area contributed by atoms with Gasteiger partial charge < -0.3 is 36.5 Å². The molecule has 0 aromatic heterocycles. The fraction of sp³-hybridized carbons (Fsp3) is 0.304. The summed E-state index contributed by atoms with van der Waals surface area (Å²) in [7, 11) is 1.17. The largest absolute Gasteiger partial charge is 0.493 e. The molecule has 0 fully saturated rings. The second-order valence-electron chi connectivity index (χ2n) is 7.81. The number of carbonyl (C=O) groups is 3. The standard InChI is InChI=1S/C23H26Cl2N6O5/c1-35-22(34)17(31-21(33)20-14(24)3-2-4-15(20)25)10-29-19(32)11-28-16-7-8-36-18-6-5-12(9-13(16)18)30-23(26)27/h2-6,9,16-17,28H,7-8,10-11H2,1H3,(H,29,32)(H,31,33)(H4,26,27,30)/t16?,17-/m0/s1. The van der Waals surface area contributed by atoms with E-state index in [1.165, 1.54) is 19.2 Å². The van der Waals surface area contributed by atoms with Crippen molar-refractivity contribution < 1.29 is 23.9 Å². The van der Waals surface area contributed by atoms with Gasteiger partial charge in [0, 0.05) is 30.3 Å². The predicted octanol–water partition coefficient (Wildman–Crippen LogP) is 1.80. The van der Waals surface area contributed by atoms with Crippen LogP contribution < -0.4 is 31.7 Å². The predicted molar refractivity (Wildman–Crippen MR) is 136 cm³/mol. The number of fused-ring (bicyclic) bond motifs is 1. The molecule has 13 heteroatoms. The number of nitrogens with two attached hydrogens (primary N) is 1. The van der Waals surface area contributed by atoms with E-state index in [1.807, 2.05) is 0 Å². The molecule has 0 aliphatic carbocycles. The fourth-order valence-corrected chi connectivity index (χ4v) is 4.18. The molecule has 1 aliphatic rings.